The van der Waals surface area contributed by atoms with Crippen molar-refractivity contribution in [2.24, 2.45) is 5.92 Å². The maximum atomic E-state index is 14.8. The fourth-order valence-corrected chi connectivity index (χ4v) is 4.81. The van der Waals surface area contributed by atoms with Gasteiger partial charge in [0.2, 0.25) is 5.95 Å². The van der Waals surface area contributed by atoms with Crippen LogP contribution in [0.15, 0.2) is 49.1 Å². The molecular formula is C23H20F4N6O. The van der Waals surface area contributed by atoms with Gasteiger partial charge in [-0.3, -0.25) is 4.79 Å². The molecule has 1 aromatic carbocycles. The highest BCUT2D eigenvalue weighted by molar-refractivity contribution is 6.00. The number of carbonyl (C=O) groups is 1. The highest BCUT2D eigenvalue weighted by Crippen LogP contribution is 2.38. The van der Waals surface area contributed by atoms with E-state index in [0.29, 0.717) is 13.0 Å². The summed E-state index contributed by atoms with van der Waals surface area (Å²) in [6.07, 6.45) is 2.29. The largest absolute Gasteiger partial charge is 0.419 e. The third-order valence-electron chi connectivity index (χ3n) is 6.37. The Labute approximate surface area is 192 Å². The van der Waals surface area contributed by atoms with E-state index in [2.05, 4.69) is 25.3 Å². The number of carbonyl (C=O) groups excluding carboxylic acids is 1. The summed E-state index contributed by atoms with van der Waals surface area (Å²) >= 11 is 0. The summed E-state index contributed by atoms with van der Waals surface area (Å²) in [6.45, 7) is 0.515. The molecule has 1 N–H and O–H groups in total. The van der Waals surface area contributed by atoms with Gasteiger partial charge in [-0.2, -0.15) is 13.2 Å². The molecule has 1 aliphatic carbocycles. The van der Waals surface area contributed by atoms with Gasteiger partial charge in [0.25, 0.3) is 5.91 Å². The second-order valence-corrected chi connectivity index (χ2v) is 8.48. The fraction of sp³-hybridized carbons (Fsp3) is 0.348. The number of rotatable bonds is 4. The van der Waals surface area contributed by atoms with E-state index in [0.717, 1.165) is 25.2 Å². The normalized spacial score (nSPS) is 22.0. The zero-order valence-corrected chi connectivity index (χ0v) is 17.8. The topological polar surface area (TPSA) is 83.9 Å². The molecule has 1 unspecified atom stereocenters. The lowest BCUT2D eigenvalue weighted by molar-refractivity contribution is -0.138. The van der Waals surface area contributed by atoms with Crippen molar-refractivity contribution in [3.8, 4) is 11.4 Å². The molecule has 3 atom stereocenters. The summed E-state index contributed by atoms with van der Waals surface area (Å²) in [4.78, 5) is 31.1. The molecule has 2 bridgehead atoms. The molecule has 3 fully saturated rings. The maximum Gasteiger partial charge on any atom is 0.419 e. The smallest absolute Gasteiger partial charge is 0.349 e. The number of amides is 1. The van der Waals surface area contributed by atoms with Crippen LogP contribution in [-0.4, -0.2) is 49.4 Å². The lowest BCUT2D eigenvalue weighted by Gasteiger charge is -2.50. The van der Waals surface area contributed by atoms with Crippen LogP contribution >= 0.6 is 0 Å². The minimum atomic E-state index is -4.52. The van der Waals surface area contributed by atoms with Crippen molar-refractivity contribution >= 4 is 11.9 Å². The number of halogens is 4. The van der Waals surface area contributed by atoms with Crippen molar-refractivity contribution in [2.45, 2.75) is 37.5 Å². The van der Waals surface area contributed by atoms with Crippen LogP contribution in [-0.2, 0) is 6.18 Å². The number of benzene rings is 1. The van der Waals surface area contributed by atoms with Gasteiger partial charge in [-0.25, -0.2) is 24.3 Å². The van der Waals surface area contributed by atoms with Crippen molar-refractivity contribution in [1.29, 1.82) is 0 Å². The maximum absolute atomic E-state index is 14.8. The number of nitrogens with one attached hydrogen (secondary N) is 1. The molecular weight excluding hydrogens is 452 g/mol. The summed E-state index contributed by atoms with van der Waals surface area (Å²) in [5.74, 6) is -0.532. The quantitative estimate of drug-likeness (QED) is 0.573. The molecule has 0 spiro atoms. The van der Waals surface area contributed by atoms with E-state index in [1.54, 1.807) is 17.0 Å². The Hall–Kier alpha value is -3.63. The van der Waals surface area contributed by atoms with Gasteiger partial charge in [0.15, 0.2) is 5.82 Å². The molecule has 6 rings (SSSR count). The Morgan fingerprint density at radius 2 is 1.76 bits per heavy atom. The van der Waals surface area contributed by atoms with Crippen LogP contribution in [0.4, 0.5) is 23.5 Å². The van der Waals surface area contributed by atoms with Crippen molar-refractivity contribution in [1.82, 2.24) is 24.8 Å². The second-order valence-electron chi connectivity index (χ2n) is 8.48. The Morgan fingerprint density at radius 1 is 1.03 bits per heavy atom. The van der Waals surface area contributed by atoms with Crippen molar-refractivity contribution in [3.63, 3.8) is 0 Å². The predicted octanol–water partition coefficient (Wildman–Crippen LogP) is 4.20. The summed E-state index contributed by atoms with van der Waals surface area (Å²) in [7, 11) is 0. The average Bonchev–Trinajstić information content (AvgIpc) is 2.84. The molecule has 176 valence electrons. The van der Waals surface area contributed by atoms with Gasteiger partial charge < -0.3 is 10.2 Å². The van der Waals surface area contributed by atoms with Gasteiger partial charge in [0.1, 0.15) is 5.82 Å². The number of aromatic nitrogens is 4. The number of piperidine rings is 2. The molecule has 2 aliphatic heterocycles. The van der Waals surface area contributed by atoms with Crippen LogP contribution in [0.25, 0.3) is 11.4 Å². The Balaban J connectivity index is 1.40. The number of anilines is 1. The lowest BCUT2D eigenvalue weighted by atomic mass is 9.76. The minimum absolute atomic E-state index is 0.0464. The first-order valence-electron chi connectivity index (χ1n) is 10.8. The molecule has 0 radical (unpaired) electrons. The van der Waals surface area contributed by atoms with E-state index < -0.39 is 17.6 Å². The Bertz CT molecular complexity index is 1190. The number of hydrogen-bond acceptors (Lipinski definition) is 6. The molecule has 34 heavy (non-hydrogen) atoms. The third-order valence-corrected chi connectivity index (χ3v) is 6.37. The first-order valence-corrected chi connectivity index (χ1v) is 10.8. The van der Waals surface area contributed by atoms with Crippen molar-refractivity contribution < 1.29 is 22.4 Å². The van der Waals surface area contributed by atoms with Crippen molar-refractivity contribution in [2.75, 3.05) is 11.9 Å². The van der Waals surface area contributed by atoms with E-state index in [1.165, 1.54) is 24.5 Å². The van der Waals surface area contributed by atoms with Crippen LogP contribution < -0.4 is 5.32 Å². The summed E-state index contributed by atoms with van der Waals surface area (Å²) < 4.78 is 53.2. The summed E-state index contributed by atoms with van der Waals surface area (Å²) in [5.41, 5.74) is -0.713. The number of fused-ring (bicyclic) bond motifs is 3. The highest BCUT2D eigenvalue weighted by atomic mass is 19.4. The Kier molecular flexibility index (Phi) is 5.62. The van der Waals surface area contributed by atoms with Crippen LogP contribution in [0.3, 0.4) is 0 Å². The summed E-state index contributed by atoms with van der Waals surface area (Å²) in [5, 5.41) is 3.10. The monoisotopic (exact) mass is 472 g/mol. The van der Waals surface area contributed by atoms with E-state index in [1.807, 2.05) is 0 Å². The molecule has 1 amide bonds. The zero-order valence-electron chi connectivity index (χ0n) is 17.8. The fourth-order valence-electron chi connectivity index (χ4n) is 4.81. The first kappa shape index (κ1) is 22.2. The zero-order chi connectivity index (χ0) is 23.9. The molecule has 11 heteroatoms. The second kappa shape index (κ2) is 8.62. The van der Waals surface area contributed by atoms with Crippen LogP contribution in [0.2, 0.25) is 0 Å². The average molecular weight is 472 g/mol. The van der Waals surface area contributed by atoms with E-state index in [9.17, 15) is 22.4 Å². The lowest BCUT2D eigenvalue weighted by Crippen LogP contribution is -2.60. The molecule has 7 nitrogen and oxygen atoms in total. The summed E-state index contributed by atoms with van der Waals surface area (Å²) in [6, 6.07) is 5.42. The van der Waals surface area contributed by atoms with Crippen LogP contribution in [0.5, 0.6) is 0 Å². The SMILES string of the molecule is O=C(c1cccc(F)c1-c1ncccn1)N1CC2CC[C@H]1[C@H](Nc1ncc(C(F)(F)F)cn1)C2. The number of alkyl halides is 3. The highest BCUT2D eigenvalue weighted by Gasteiger charge is 2.44. The predicted molar refractivity (Wildman–Crippen MR) is 114 cm³/mol. The number of hydrogen-bond donors (Lipinski definition) is 1. The van der Waals surface area contributed by atoms with E-state index >= 15 is 0 Å². The van der Waals surface area contributed by atoms with Gasteiger partial charge in [-0.05, 0) is 43.4 Å². The molecule has 2 aromatic heterocycles. The molecule has 1 saturated carbocycles. The van der Waals surface area contributed by atoms with Gasteiger partial charge in [-0.1, -0.05) is 6.07 Å². The number of nitrogens with zero attached hydrogens (tertiary/aromatic N) is 5. The standard InChI is InChI=1S/C23H20F4N6O/c24-16-4-1-3-15(19(16)20-28-7-2-8-29-20)21(34)33-12-13-5-6-18(33)17(9-13)32-22-30-10-14(11-31-22)23(25,26)27/h1-4,7-8,10-11,13,17-18H,5-6,9,12H2,(H,30,31,32)/t13?,17-,18+/m1/s1. The first-order chi connectivity index (χ1) is 16.3. The van der Waals surface area contributed by atoms with E-state index in [-0.39, 0.29) is 46.8 Å². The van der Waals surface area contributed by atoms with Gasteiger partial charge in [-0.15, -0.1) is 0 Å². The van der Waals surface area contributed by atoms with Gasteiger partial charge >= 0.3 is 6.18 Å². The molecule has 4 heterocycles. The van der Waals surface area contributed by atoms with Gasteiger partial charge in [0, 0.05) is 37.4 Å². The molecule has 3 aromatic rings. The van der Waals surface area contributed by atoms with Crippen LogP contribution in [0.1, 0.15) is 35.2 Å². The van der Waals surface area contributed by atoms with E-state index in [4.69, 9.17) is 0 Å². The Morgan fingerprint density at radius 3 is 2.44 bits per heavy atom. The van der Waals surface area contributed by atoms with Gasteiger partial charge in [0.05, 0.1) is 22.7 Å². The molecule has 2 saturated heterocycles. The molecule has 3 aliphatic rings. The minimum Gasteiger partial charge on any atom is -0.349 e. The van der Waals surface area contributed by atoms with Crippen molar-refractivity contribution in [3.05, 3.63) is 66.0 Å². The van der Waals surface area contributed by atoms with Crippen LogP contribution in [0, 0.1) is 11.7 Å². The third kappa shape index (κ3) is 4.17.